The van der Waals surface area contributed by atoms with Gasteiger partial charge in [-0.3, -0.25) is 4.90 Å². The van der Waals surface area contributed by atoms with Crippen LogP contribution in [0.4, 0.5) is 22.0 Å². The van der Waals surface area contributed by atoms with E-state index in [1.54, 1.807) is 0 Å². The summed E-state index contributed by atoms with van der Waals surface area (Å²) < 4.78 is 95.2. The van der Waals surface area contributed by atoms with Crippen molar-refractivity contribution in [2.45, 2.75) is 30.1 Å². The Labute approximate surface area is 170 Å². The van der Waals surface area contributed by atoms with Crippen LogP contribution < -0.4 is 5.73 Å². The van der Waals surface area contributed by atoms with Gasteiger partial charge in [0.2, 0.25) is 0 Å². The average molecular weight is 453 g/mol. The maximum absolute atomic E-state index is 14.0. The lowest BCUT2D eigenvalue weighted by molar-refractivity contribution is -0.0493. The van der Waals surface area contributed by atoms with Gasteiger partial charge in [-0.2, -0.15) is 17.5 Å². The van der Waals surface area contributed by atoms with Crippen molar-refractivity contribution < 1.29 is 35.1 Å². The van der Waals surface area contributed by atoms with Crippen LogP contribution in [0.15, 0.2) is 29.3 Å². The zero-order valence-corrected chi connectivity index (χ0v) is 16.5. The van der Waals surface area contributed by atoms with Gasteiger partial charge in [0.1, 0.15) is 17.7 Å². The Hall–Kier alpha value is -1.60. The molecule has 0 aliphatic carbocycles. The zero-order chi connectivity index (χ0) is 21.8. The zero-order valence-electron chi connectivity index (χ0n) is 15.7. The van der Waals surface area contributed by atoms with Gasteiger partial charge in [-0.25, -0.2) is 17.2 Å². The molecule has 1 aromatic rings. The highest BCUT2D eigenvalue weighted by Gasteiger charge is 2.52. The molecule has 3 aliphatic heterocycles. The van der Waals surface area contributed by atoms with Crippen LogP contribution >= 0.6 is 0 Å². The Morgan fingerprint density at radius 2 is 1.70 bits per heavy atom. The Kier molecular flexibility index (Phi) is 5.42. The third kappa shape index (κ3) is 3.75. The van der Waals surface area contributed by atoms with Crippen LogP contribution in [0.5, 0.6) is 0 Å². The van der Waals surface area contributed by atoms with Gasteiger partial charge in [0.05, 0.1) is 6.61 Å². The largest absolute Gasteiger partial charge is 0.511 e. The minimum absolute atomic E-state index is 0.0518. The van der Waals surface area contributed by atoms with E-state index in [0.717, 1.165) is 18.2 Å². The average Bonchev–Trinajstić information content (AvgIpc) is 3.22. The minimum atomic E-state index is -5.35. The Bertz CT molecular complexity index is 964. The third-order valence-electron chi connectivity index (χ3n) is 5.84. The van der Waals surface area contributed by atoms with E-state index in [-0.39, 0.29) is 31.3 Å². The van der Waals surface area contributed by atoms with E-state index < -0.39 is 39.3 Å². The number of hydrogen-bond acceptors (Lipinski definition) is 5. The van der Waals surface area contributed by atoms with Crippen molar-refractivity contribution >= 4 is 10.0 Å². The fraction of sp³-hybridized carbons (Fsp3) is 0.556. The molecule has 6 nitrogen and oxygen atoms in total. The van der Waals surface area contributed by atoms with Crippen LogP contribution in [-0.4, -0.2) is 68.0 Å². The number of rotatable bonds is 3. The van der Waals surface area contributed by atoms with E-state index >= 15 is 0 Å². The highest BCUT2D eigenvalue weighted by Crippen LogP contribution is 2.37. The second kappa shape index (κ2) is 7.52. The highest BCUT2D eigenvalue weighted by atomic mass is 32.2. The molecule has 0 unspecified atom stereocenters. The summed E-state index contributed by atoms with van der Waals surface area (Å²) in [5.74, 6) is -1.20. The van der Waals surface area contributed by atoms with Crippen LogP contribution in [0.25, 0.3) is 0 Å². The minimum Gasteiger partial charge on any atom is -0.370 e. The first-order valence-electron chi connectivity index (χ1n) is 9.29. The molecule has 0 bridgehead atoms. The van der Waals surface area contributed by atoms with Crippen molar-refractivity contribution in [2.75, 3.05) is 32.8 Å². The normalized spacial score (nSPS) is 28.9. The van der Waals surface area contributed by atoms with Crippen LogP contribution in [0.1, 0.15) is 18.1 Å². The lowest BCUT2D eigenvalue weighted by atomic mass is 9.93. The Morgan fingerprint density at radius 3 is 2.27 bits per heavy atom. The Balaban J connectivity index is 1.37. The van der Waals surface area contributed by atoms with Gasteiger partial charge < -0.3 is 10.5 Å². The molecule has 0 saturated carbocycles. The molecule has 0 aromatic heterocycles. The van der Waals surface area contributed by atoms with Gasteiger partial charge in [0.15, 0.2) is 0 Å². The van der Waals surface area contributed by atoms with E-state index in [0.29, 0.717) is 35.0 Å². The van der Waals surface area contributed by atoms with Gasteiger partial charge in [0.25, 0.3) is 0 Å². The van der Waals surface area contributed by atoms with Gasteiger partial charge in [-0.1, -0.05) is 0 Å². The summed E-state index contributed by atoms with van der Waals surface area (Å²) in [6.45, 7) is 0.256. The second-order valence-electron chi connectivity index (χ2n) is 7.80. The van der Waals surface area contributed by atoms with Crippen molar-refractivity contribution in [1.29, 1.82) is 0 Å². The van der Waals surface area contributed by atoms with Crippen LogP contribution in [0, 0.1) is 11.6 Å². The maximum Gasteiger partial charge on any atom is 0.511 e. The molecule has 1 saturated heterocycles. The molecule has 0 spiro atoms. The Morgan fingerprint density at radius 1 is 1.07 bits per heavy atom. The molecule has 166 valence electrons. The molecule has 0 amide bonds. The standard InChI is InChI=1S/C18H20F5N3O3S/c19-12-1-2-15(20)14(3-12)17-16(24)4-13(9-29-17)25-5-10-7-26(8-11(10)6-25)30(27,28)18(21,22)23/h1-3,13,16-17H,4-9,24H2/t13-,16+,17-/m1/s1. The SMILES string of the molecule is N[C@H]1C[C@@H](N2CC3=C(C2)CN(S(=O)(=O)C(F)(F)F)C3)CO[C@@H]1c1cc(F)ccc1F. The molecule has 2 N–H and O–H groups in total. The van der Waals surface area contributed by atoms with Gasteiger partial charge >= 0.3 is 15.5 Å². The van der Waals surface area contributed by atoms with Crippen molar-refractivity contribution in [3.05, 3.63) is 46.5 Å². The predicted molar refractivity (Wildman–Crippen MR) is 96.6 cm³/mol. The van der Waals surface area contributed by atoms with E-state index in [1.807, 2.05) is 4.90 Å². The molecule has 3 heterocycles. The smallest absolute Gasteiger partial charge is 0.370 e. The van der Waals surface area contributed by atoms with Crippen molar-refractivity contribution in [1.82, 2.24) is 9.21 Å². The number of nitrogens with zero attached hydrogens (tertiary/aromatic N) is 2. The van der Waals surface area contributed by atoms with Crippen molar-refractivity contribution in [3.63, 3.8) is 0 Å². The summed E-state index contributed by atoms with van der Waals surface area (Å²) in [6, 6.07) is 2.32. The van der Waals surface area contributed by atoms with Crippen LogP contribution in [0.2, 0.25) is 0 Å². The van der Waals surface area contributed by atoms with Gasteiger partial charge in [-0.15, -0.1) is 0 Å². The van der Waals surface area contributed by atoms with E-state index in [9.17, 15) is 30.4 Å². The monoisotopic (exact) mass is 453 g/mol. The first-order chi connectivity index (χ1) is 14.0. The highest BCUT2D eigenvalue weighted by molar-refractivity contribution is 7.90. The molecule has 12 heteroatoms. The summed E-state index contributed by atoms with van der Waals surface area (Å²) in [5.41, 5.74) is 2.19. The summed E-state index contributed by atoms with van der Waals surface area (Å²) in [5, 5.41) is 0. The molecule has 3 atom stereocenters. The van der Waals surface area contributed by atoms with Crippen LogP contribution in [-0.2, 0) is 14.8 Å². The van der Waals surface area contributed by atoms with Crippen molar-refractivity contribution in [3.8, 4) is 0 Å². The van der Waals surface area contributed by atoms with Gasteiger partial charge in [0, 0.05) is 43.8 Å². The number of ether oxygens (including phenoxy) is 1. The molecule has 0 radical (unpaired) electrons. The topological polar surface area (TPSA) is 75.9 Å². The lowest BCUT2D eigenvalue weighted by Gasteiger charge is -2.39. The fourth-order valence-electron chi connectivity index (χ4n) is 4.30. The van der Waals surface area contributed by atoms with Crippen molar-refractivity contribution in [2.24, 2.45) is 5.73 Å². The molecular formula is C18H20F5N3O3S. The van der Waals surface area contributed by atoms with E-state index in [4.69, 9.17) is 10.5 Å². The number of alkyl halides is 3. The predicted octanol–water partition coefficient (Wildman–Crippen LogP) is 1.90. The maximum atomic E-state index is 14.0. The summed E-state index contributed by atoms with van der Waals surface area (Å²) >= 11 is 0. The first-order valence-corrected chi connectivity index (χ1v) is 10.7. The van der Waals surface area contributed by atoms with E-state index in [1.165, 1.54) is 0 Å². The number of halogens is 5. The summed E-state index contributed by atoms with van der Waals surface area (Å²) in [7, 11) is -5.35. The summed E-state index contributed by atoms with van der Waals surface area (Å²) in [6.07, 6.45) is -0.377. The molecular weight excluding hydrogens is 433 g/mol. The lowest BCUT2D eigenvalue weighted by Crippen LogP contribution is -2.50. The molecule has 1 aromatic carbocycles. The number of hydrogen-bond donors (Lipinski definition) is 1. The fourth-order valence-corrected chi connectivity index (χ4v) is 5.25. The summed E-state index contributed by atoms with van der Waals surface area (Å²) in [4.78, 5) is 1.97. The number of nitrogens with two attached hydrogens (primary N) is 1. The molecule has 30 heavy (non-hydrogen) atoms. The third-order valence-corrected chi connectivity index (χ3v) is 7.36. The second-order valence-corrected chi connectivity index (χ2v) is 9.73. The molecule has 1 fully saturated rings. The van der Waals surface area contributed by atoms with E-state index in [2.05, 4.69) is 0 Å². The first kappa shape index (κ1) is 21.6. The molecule has 4 rings (SSSR count). The quantitative estimate of drug-likeness (QED) is 0.559. The van der Waals surface area contributed by atoms with Gasteiger partial charge in [-0.05, 0) is 35.8 Å². The number of sulfonamides is 1. The van der Waals surface area contributed by atoms with Crippen LogP contribution in [0.3, 0.4) is 0 Å². The number of benzene rings is 1. The molecule has 3 aliphatic rings.